The largest absolute Gasteiger partial charge is 0.395 e. The number of rotatable bonds is 8. The van der Waals surface area contributed by atoms with Crippen molar-refractivity contribution < 1.29 is 9.90 Å². The summed E-state index contributed by atoms with van der Waals surface area (Å²) >= 11 is 1.57. The number of carbonyl (C=O) groups is 1. The lowest BCUT2D eigenvalue weighted by atomic mass is 10.1. The normalized spacial score (nSPS) is 11.5. The van der Waals surface area contributed by atoms with Gasteiger partial charge in [0.1, 0.15) is 4.83 Å². The Bertz CT molecular complexity index is 851. The second kappa shape index (κ2) is 7.95. The van der Waals surface area contributed by atoms with Gasteiger partial charge in [0.15, 0.2) is 0 Å². The van der Waals surface area contributed by atoms with Crippen LogP contribution < -0.4 is 0 Å². The molecule has 0 atom stereocenters. The Hall–Kier alpha value is -1.95. The van der Waals surface area contributed by atoms with Gasteiger partial charge in [0.05, 0.1) is 11.5 Å². The summed E-state index contributed by atoms with van der Waals surface area (Å²) in [7, 11) is 0. The minimum absolute atomic E-state index is 0.0847. The third-order valence-corrected chi connectivity index (χ3v) is 5.71. The Balaban J connectivity index is 1.84. The summed E-state index contributed by atoms with van der Waals surface area (Å²) in [5.74, 6) is 0.0847. The number of benzene rings is 1. The predicted molar refractivity (Wildman–Crippen MR) is 104 cm³/mol. The molecule has 0 aliphatic rings. The molecule has 0 saturated carbocycles. The summed E-state index contributed by atoms with van der Waals surface area (Å²) < 4.78 is 2.28. The Morgan fingerprint density at radius 1 is 1.20 bits per heavy atom. The number of aliphatic hydroxyl groups excluding tert-OH is 1. The quantitative estimate of drug-likeness (QED) is 0.628. The molecule has 2 aromatic heterocycles. The molecule has 25 heavy (non-hydrogen) atoms. The van der Waals surface area contributed by atoms with E-state index >= 15 is 0 Å². The molecule has 0 amide bonds. The zero-order valence-electron chi connectivity index (χ0n) is 14.7. The molecule has 4 nitrogen and oxygen atoms in total. The van der Waals surface area contributed by atoms with Gasteiger partial charge in [-0.2, -0.15) is 0 Å². The van der Waals surface area contributed by atoms with Gasteiger partial charge in [0.25, 0.3) is 0 Å². The van der Waals surface area contributed by atoms with E-state index in [1.807, 2.05) is 36.4 Å². The first-order valence-corrected chi connectivity index (χ1v) is 9.48. The summed E-state index contributed by atoms with van der Waals surface area (Å²) in [6.07, 6.45) is 0. The maximum Gasteiger partial charge on any atom is 0.203 e. The molecule has 1 N–H and O–H groups in total. The fraction of sp³-hybridized carbons (Fsp3) is 0.350. The number of ketones is 1. The number of thiophene rings is 1. The third-order valence-electron chi connectivity index (χ3n) is 4.54. The van der Waals surface area contributed by atoms with Crippen LogP contribution in [0.3, 0.4) is 0 Å². The molecule has 0 radical (unpaired) electrons. The van der Waals surface area contributed by atoms with Crippen LogP contribution in [-0.4, -0.2) is 46.6 Å². The van der Waals surface area contributed by atoms with Crippen LogP contribution in [0.5, 0.6) is 0 Å². The smallest absolute Gasteiger partial charge is 0.203 e. The molecule has 5 heteroatoms. The van der Waals surface area contributed by atoms with Crippen LogP contribution in [0.4, 0.5) is 0 Å². The van der Waals surface area contributed by atoms with E-state index in [2.05, 4.69) is 29.4 Å². The van der Waals surface area contributed by atoms with E-state index in [-0.39, 0.29) is 12.4 Å². The fourth-order valence-corrected chi connectivity index (χ4v) is 4.29. The molecular formula is C20H24N2O2S. The van der Waals surface area contributed by atoms with Crippen LogP contribution >= 0.6 is 11.3 Å². The van der Waals surface area contributed by atoms with Crippen molar-refractivity contribution in [2.45, 2.75) is 20.4 Å². The molecule has 0 unspecified atom stereocenters. The topological polar surface area (TPSA) is 45.5 Å². The summed E-state index contributed by atoms with van der Waals surface area (Å²) in [6, 6.07) is 13.6. The van der Waals surface area contributed by atoms with Crippen LogP contribution in [0.2, 0.25) is 0 Å². The molecule has 1 aromatic carbocycles. The maximum absolute atomic E-state index is 12.7. The predicted octanol–water partition coefficient (Wildman–Crippen LogP) is 3.56. The number of carbonyl (C=O) groups excluding carboxylic acids is 1. The average molecular weight is 356 g/mol. The maximum atomic E-state index is 12.7. The first kappa shape index (κ1) is 17.9. The van der Waals surface area contributed by atoms with Crippen LogP contribution in [0.25, 0.3) is 10.2 Å². The Morgan fingerprint density at radius 3 is 2.64 bits per heavy atom. The summed E-state index contributed by atoms with van der Waals surface area (Å²) in [4.78, 5) is 16.8. The second-order valence-corrected chi connectivity index (χ2v) is 7.19. The van der Waals surface area contributed by atoms with Crippen molar-refractivity contribution in [3.63, 3.8) is 0 Å². The molecule has 3 aromatic rings. The van der Waals surface area contributed by atoms with Gasteiger partial charge < -0.3 is 9.67 Å². The van der Waals surface area contributed by atoms with Crippen molar-refractivity contribution in [1.29, 1.82) is 0 Å². The van der Waals surface area contributed by atoms with Gasteiger partial charge in [-0.15, -0.1) is 11.3 Å². The van der Waals surface area contributed by atoms with Gasteiger partial charge in [-0.1, -0.05) is 37.3 Å². The fourth-order valence-electron chi connectivity index (χ4n) is 3.11. The SMILES string of the molecule is CCN(CCO)CCn1c(C)cc2cc(C(=O)c3ccccc3)sc21. The highest BCUT2D eigenvalue weighted by Crippen LogP contribution is 2.30. The van der Waals surface area contributed by atoms with E-state index in [0.717, 1.165) is 40.3 Å². The minimum Gasteiger partial charge on any atom is -0.395 e. The molecule has 0 aliphatic carbocycles. The molecule has 0 bridgehead atoms. The van der Waals surface area contributed by atoms with Gasteiger partial charge in [-0.3, -0.25) is 9.69 Å². The summed E-state index contributed by atoms with van der Waals surface area (Å²) in [6.45, 7) is 7.77. The van der Waals surface area contributed by atoms with Crippen LogP contribution in [0.15, 0.2) is 42.5 Å². The highest BCUT2D eigenvalue weighted by atomic mass is 32.1. The van der Waals surface area contributed by atoms with Gasteiger partial charge >= 0.3 is 0 Å². The van der Waals surface area contributed by atoms with E-state index in [0.29, 0.717) is 6.54 Å². The number of aromatic nitrogens is 1. The monoisotopic (exact) mass is 356 g/mol. The number of hydrogen-bond acceptors (Lipinski definition) is 4. The Labute approximate surface area is 152 Å². The zero-order valence-corrected chi connectivity index (χ0v) is 15.6. The first-order chi connectivity index (χ1) is 12.1. The average Bonchev–Trinajstić information content (AvgIpc) is 3.16. The van der Waals surface area contributed by atoms with Crippen molar-refractivity contribution in [1.82, 2.24) is 9.47 Å². The van der Waals surface area contributed by atoms with E-state index in [1.54, 1.807) is 11.3 Å². The van der Waals surface area contributed by atoms with E-state index < -0.39 is 0 Å². The van der Waals surface area contributed by atoms with Gasteiger partial charge in [-0.25, -0.2) is 0 Å². The van der Waals surface area contributed by atoms with Crippen molar-refractivity contribution >= 4 is 27.3 Å². The second-order valence-electron chi connectivity index (χ2n) is 6.16. The highest BCUT2D eigenvalue weighted by Gasteiger charge is 2.16. The molecule has 0 aliphatic heterocycles. The third kappa shape index (κ3) is 3.84. The molecular weight excluding hydrogens is 332 g/mol. The van der Waals surface area contributed by atoms with Gasteiger partial charge in [0.2, 0.25) is 5.78 Å². The number of nitrogens with zero attached hydrogens (tertiary/aromatic N) is 2. The number of aliphatic hydroxyl groups is 1. The number of hydrogen-bond donors (Lipinski definition) is 1. The molecule has 3 rings (SSSR count). The molecule has 0 spiro atoms. The van der Waals surface area contributed by atoms with Crippen molar-refractivity contribution in [2.24, 2.45) is 0 Å². The zero-order chi connectivity index (χ0) is 17.8. The van der Waals surface area contributed by atoms with Crippen molar-refractivity contribution in [3.8, 4) is 0 Å². The molecule has 2 heterocycles. The Morgan fingerprint density at radius 2 is 1.96 bits per heavy atom. The van der Waals surface area contributed by atoms with Gasteiger partial charge in [0, 0.05) is 36.3 Å². The molecule has 132 valence electrons. The standard InChI is InChI=1S/C20H24N2O2S/c1-3-21(11-12-23)9-10-22-15(2)13-17-14-18(25-20(17)22)19(24)16-7-5-4-6-8-16/h4-8,13-14,23H,3,9-12H2,1-2H3. The number of aryl methyl sites for hydroxylation is 1. The van der Waals surface area contributed by atoms with Crippen LogP contribution in [-0.2, 0) is 6.54 Å². The minimum atomic E-state index is 0.0847. The van der Waals surface area contributed by atoms with Gasteiger partial charge in [-0.05, 0) is 25.6 Å². The van der Waals surface area contributed by atoms with Crippen LogP contribution in [0, 0.1) is 6.92 Å². The van der Waals surface area contributed by atoms with E-state index in [9.17, 15) is 4.79 Å². The van der Waals surface area contributed by atoms with E-state index in [1.165, 1.54) is 5.69 Å². The van der Waals surface area contributed by atoms with E-state index in [4.69, 9.17) is 5.11 Å². The number of likely N-dealkylation sites (N-methyl/N-ethyl adjacent to an activating group) is 1. The van der Waals surface area contributed by atoms with Crippen molar-refractivity contribution in [2.75, 3.05) is 26.2 Å². The summed E-state index contributed by atoms with van der Waals surface area (Å²) in [5.41, 5.74) is 1.94. The lowest BCUT2D eigenvalue weighted by molar-refractivity contribution is 0.104. The lowest BCUT2D eigenvalue weighted by Crippen LogP contribution is -2.30. The number of fused-ring (bicyclic) bond motifs is 1. The summed E-state index contributed by atoms with van der Waals surface area (Å²) in [5, 5.41) is 10.3. The van der Waals surface area contributed by atoms with Crippen molar-refractivity contribution in [3.05, 3.63) is 58.6 Å². The molecule has 0 fully saturated rings. The lowest BCUT2D eigenvalue weighted by Gasteiger charge is -2.20. The van der Waals surface area contributed by atoms with Crippen LogP contribution in [0.1, 0.15) is 27.9 Å². The molecule has 0 saturated heterocycles. The Kier molecular flexibility index (Phi) is 5.68. The first-order valence-electron chi connectivity index (χ1n) is 8.66. The highest BCUT2D eigenvalue weighted by molar-refractivity contribution is 7.20.